The molecule has 0 fully saturated rings. The largest absolute Gasteiger partial charge is 0.497 e. The number of imidazole rings is 1. The lowest BCUT2D eigenvalue weighted by Gasteiger charge is -2.12. The van der Waals surface area contributed by atoms with E-state index in [0.717, 1.165) is 17.0 Å². The molecule has 0 atom stereocenters. The van der Waals surface area contributed by atoms with Crippen molar-refractivity contribution in [2.75, 3.05) is 26.1 Å². The summed E-state index contributed by atoms with van der Waals surface area (Å²) in [5.41, 5.74) is 2.09. The van der Waals surface area contributed by atoms with Crippen LogP contribution >= 0.6 is 0 Å². The molecule has 2 aromatic carbocycles. The summed E-state index contributed by atoms with van der Waals surface area (Å²) in [6, 6.07) is 14.3. The number of aromatic nitrogens is 3. The van der Waals surface area contributed by atoms with E-state index in [1.165, 1.54) is 0 Å². The van der Waals surface area contributed by atoms with Gasteiger partial charge < -0.3 is 19.5 Å². The van der Waals surface area contributed by atoms with Crippen LogP contribution in [-0.4, -0.2) is 41.1 Å². The summed E-state index contributed by atoms with van der Waals surface area (Å²) in [5, 5.41) is 2.83. The Morgan fingerprint density at radius 3 is 2.60 bits per heavy atom. The van der Waals surface area contributed by atoms with Gasteiger partial charge in [-0.1, -0.05) is 0 Å². The molecule has 1 amide bonds. The smallest absolute Gasteiger partial charge is 0.262 e. The number of nitrogens with zero attached hydrogens (tertiary/aromatic N) is 3. The molecule has 0 unspecified atom stereocenters. The quantitative estimate of drug-likeness (QED) is 0.508. The number of rotatable bonds is 7. The highest BCUT2D eigenvalue weighted by molar-refractivity contribution is 5.94. The molecule has 0 saturated heterocycles. The molecule has 0 aliphatic rings. The number of benzene rings is 2. The average Bonchev–Trinajstić information content (AvgIpc) is 3.22. The first kappa shape index (κ1) is 19.3. The molecule has 0 aliphatic heterocycles. The Hall–Kier alpha value is -4.07. The maximum atomic E-state index is 12.4. The zero-order chi connectivity index (χ0) is 20.9. The molecule has 2 aromatic heterocycles. The van der Waals surface area contributed by atoms with Gasteiger partial charge in [-0.25, -0.2) is 9.97 Å². The van der Waals surface area contributed by atoms with Crippen LogP contribution in [0.15, 0.2) is 67.1 Å². The second-order valence-electron chi connectivity index (χ2n) is 6.38. The molecule has 0 radical (unpaired) electrons. The van der Waals surface area contributed by atoms with Gasteiger partial charge in [0.15, 0.2) is 6.61 Å². The Morgan fingerprint density at radius 2 is 1.87 bits per heavy atom. The topological polar surface area (TPSA) is 87.0 Å². The van der Waals surface area contributed by atoms with Crippen molar-refractivity contribution >= 4 is 17.4 Å². The van der Waals surface area contributed by atoms with Crippen LogP contribution in [0.25, 0.3) is 17.0 Å². The maximum Gasteiger partial charge on any atom is 0.262 e. The normalized spacial score (nSPS) is 10.6. The van der Waals surface area contributed by atoms with E-state index in [-0.39, 0.29) is 12.5 Å². The molecule has 4 aromatic rings. The standard InChI is InChI=1S/C22H20N4O4/c1-28-16-5-7-17(8-6-16)30-14-21(27)24-18-12-15(4-9-20(18)29-2)19-13-26-11-3-10-23-22(26)25-19/h3-13H,14H2,1-2H3,(H,24,27). The molecule has 0 bridgehead atoms. The molecule has 2 heterocycles. The van der Waals surface area contributed by atoms with Gasteiger partial charge in [0.2, 0.25) is 5.78 Å². The van der Waals surface area contributed by atoms with E-state index in [2.05, 4.69) is 15.3 Å². The Bertz CT molecular complexity index is 1140. The van der Waals surface area contributed by atoms with Gasteiger partial charge in [0.05, 0.1) is 25.6 Å². The van der Waals surface area contributed by atoms with E-state index in [1.807, 2.05) is 35.0 Å². The van der Waals surface area contributed by atoms with E-state index in [0.29, 0.717) is 23.0 Å². The van der Waals surface area contributed by atoms with Gasteiger partial charge in [0.25, 0.3) is 5.91 Å². The monoisotopic (exact) mass is 404 g/mol. The number of hydrogen-bond acceptors (Lipinski definition) is 6. The summed E-state index contributed by atoms with van der Waals surface area (Å²) in [6.45, 7) is -0.141. The van der Waals surface area contributed by atoms with Crippen molar-refractivity contribution in [2.24, 2.45) is 0 Å². The summed E-state index contributed by atoms with van der Waals surface area (Å²) < 4.78 is 17.9. The molecule has 0 aliphatic carbocycles. The predicted octanol–water partition coefficient (Wildman–Crippen LogP) is 3.43. The summed E-state index contributed by atoms with van der Waals surface area (Å²) >= 11 is 0. The summed E-state index contributed by atoms with van der Waals surface area (Å²) in [5.74, 6) is 2.12. The number of hydrogen-bond donors (Lipinski definition) is 1. The van der Waals surface area contributed by atoms with Crippen LogP contribution in [-0.2, 0) is 4.79 Å². The van der Waals surface area contributed by atoms with E-state index >= 15 is 0 Å². The third-order valence-electron chi connectivity index (χ3n) is 4.43. The van der Waals surface area contributed by atoms with Crippen LogP contribution in [0.3, 0.4) is 0 Å². The SMILES string of the molecule is COc1ccc(OCC(=O)Nc2cc(-c3cn4cccnc4n3)ccc2OC)cc1. The van der Waals surface area contributed by atoms with Gasteiger partial charge in [-0.3, -0.25) is 9.20 Å². The summed E-state index contributed by atoms with van der Waals surface area (Å²) in [7, 11) is 3.14. The van der Waals surface area contributed by atoms with Crippen molar-refractivity contribution in [1.82, 2.24) is 14.4 Å². The molecular weight excluding hydrogens is 384 g/mol. The number of amides is 1. The zero-order valence-corrected chi connectivity index (χ0v) is 16.5. The Labute approximate surface area is 173 Å². The minimum Gasteiger partial charge on any atom is -0.497 e. The first-order valence-corrected chi connectivity index (χ1v) is 9.21. The lowest BCUT2D eigenvalue weighted by atomic mass is 10.1. The minimum atomic E-state index is -0.307. The lowest BCUT2D eigenvalue weighted by molar-refractivity contribution is -0.118. The molecule has 30 heavy (non-hydrogen) atoms. The van der Waals surface area contributed by atoms with Gasteiger partial charge in [-0.05, 0) is 48.5 Å². The minimum absolute atomic E-state index is 0.141. The van der Waals surface area contributed by atoms with Crippen molar-refractivity contribution < 1.29 is 19.0 Å². The van der Waals surface area contributed by atoms with Crippen molar-refractivity contribution in [1.29, 1.82) is 0 Å². The Kier molecular flexibility index (Phi) is 5.47. The highest BCUT2D eigenvalue weighted by atomic mass is 16.5. The number of nitrogens with one attached hydrogen (secondary N) is 1. The highest BCUT2D eigenvalue weighted by Crippen LogP contribution is 2.30. The molecule has 152 valence electrons. The van der Waals surface area contributed by atoms with Gasteiger partial charge in [0, 0.05) is 24.2 Å². The van der Waals surface area contributed by atoms with Crippen molar-refractivity contribution in [3.63, 3.8) is 0 Å². The first-order chi connectivity index (χ1) is 14.7. The lowest BCUT2D eigenvalue weighted by Crippen LogP contribution is -2.20. The predicted molar refractivity (Wildman–Crippen MR) is 112 cm³/mol. The number of carbonyl (C=O) groups excluding carboxylic acids is 1. The Morgan fingerprint density at radius 1 is 1.07 bits per heavy atom. The number of anilines is 1. The van der Waals surface area contributed by atoms with Crippen LogP contribution < -0.4 is 19.5 Å². The van der Waals surface area contributed by atoms with Gasteiger partial charge in [-0.2, -0.15) is 0 Å². The van der Waals surface area contributed by atoms with E-state index < -0.39 is 0 Å². The Balaban J connectivity index is 1.49. The second-order valence-corrected chi connectivity index (χ2v) is 6.38. The van der Waals surface area contributed by atoms with Gasteiger partial charge in [0.1, 0.15) is 17.2 Å². The van der Waals surface area contributed by atoms with Crippen LogP contribution in [0, 0.1) is 0 Å². The highest BCUT2D eigenvalue weighted by Gasteiger charge is 2.12. The number of carbonyl (C=O) groups is 1. The molecule has 0 saturated carbocycles. The van der Waals surface area contributed by atoms with Crippen LogP contribution in [0.2, 0.25) is 0 Å². The zero-order valence-electron chi connectivity index (χ0n) is 16.5. The second kappa shape index (κ2) is 8.52. The fourth-order valence-corrected chi connectivity index (χ4v) is 2.94. The van der Waals surface area contributed by atoms with Gasteiger partial charge in [-0.15, -0.1) is 0 Å². The van der Waals surface area contributed by atoms with E-state index in [4.69, 9.17) is 14.2 Å². The fourth-order valence-electron chi connectivity index (χ4n) is 2.94. The molecule has 8 nitrogen and oxygen atoms in total. The van der Waals surface area contributed by atoms with Crippen molar-refractivity contribution in [3.05, 3.63) is 67.1 Å². The third kappa shape index (κ3) is 4.17. The molecular formula is C22H20N4O4. The van der Waals surface area contributed by atoms with Gasteiger partial charge >= 0.3 is 0 Å². The summed E-state index contributed by atoms with van der Waals surface area (Å²) in [6.07, 6.45) is 5.44. The molecule has 0 spiro atoms. The van der Waals surface area contributed by atoms with E-state index in [9.17, 15) is 4.79 Å². The first-order valence-electron chi connectivity index (χ1n) is 9.21. The fraction of sp³-hybridized carbons (Fsp3) is 0.136. The number of methoxy groups -OCH3 is 2. The van der Waals surface area contributed by atoms with Crippen LogP contribution in [0.1, 0.15) is 0 Å². The summed E-state index contributed by atoms with van der Waals surface area (Å²) in [4.78, 5) is 21.2. The van der Waals surface area contributed by atoms with Crippen LogP contribution in [0.5, 0.6) is 17.2 Å². The molecule has 8 heteroatoms. The maximum absolute atomic E-state index is 12.4. The van der Waals surface area contributed by atoms with Crippen LogP contribution in [0.4, 0.5) is 5.69 Å². The number of fused-ring (bicyclic) bond motifs is 1. The van der Waals surface area contributed by atoms with Crippen molar-refractivity contribution in [3.8, 4) is 28.5 Å². The average molecular weight is 404 g/mol. The van der Waals surface area contributed by atoms with Crippen molar-refractivity contribution in [2.45, 2.75) is 0 Å². The molecule has 4 rings (SSSR count). The van der Waals surface area contributed by atoms with E-state index in [1.54, 1.807) is 50.7 Å². The number of ether oxygens (including phenoxy) is 3. The third-order valence-corrected chi connectivity index (χ3v) is 4.43. The molecule has 1 N–H and O–H groups in total.